The highest BCUT2D eigenvalue weighted by molar-refractivity contribution is 5.76. The molecule has 4 heteroatoms. The van der Waals surface area contributed by atoms with E-state index in [9.17, 15) is 0 Å². The van der Waals surface area contributed by atoms with Crippen molar-refractivity contribution in [2.75, 3.05) is 12.3 Å². The average molecular weight is 349 g/mol. The second kappa shape index (κ2) is 9.09. The quantitative estimate of drug-likeness (QED) is 0.386. The number of nitrogen functional groups attached to an aromatic ring is 1. The van der Waals surface area contributed by atoms with Gasteiger partial charge in [-0.3, -0.25) is 5.10 Å². The number of aromatic amines is 1. The van der Waals surface area contributed by atoms with Crippen molar-refractivity contribution in [1.82, 2.24) is 10.2 Å². The molecule has 136 valence electrons. The van der Waals surface area contributed by atoms with Crippen LogP contribution in [-0.4, -0.2) is 16.8 Å². The van der Waals surface area contributed by atoms with Crippen LogP contribution in [0.2, 0.25) is 0 Å². The van der Waals surface area contributed by atoms with Gasteiger partial charge in [-0.05, 0) is 30.7 Å². The van der Waals surface area contributed by atoms with Crippen LogP contribution in [0.3, 0.4) is 0 Å². The predicted molar refractivity (Wildman–Crippen MR) is 108 cm³/mol. The number of nitrogens with two attached hydrogens (primary N) is 1. The molecule has 0 fully saturated rings. The van der Waals surface area contributed by atoms with E-state index in [0.29, 0.717) is 0 Å². The topological polar surface area (TPSA) is 63.9 Å². The molecule has 26 heavy (non-hydrogen) atoms. The Kier molecular flexibility index (Phi) is 6.31. The predicted octanol–water partition coefficient (Wildman–Crippen LogP) is 5.68. The van der Waals surface area contributed by atoms with Crippen molar-refractivity contribution >= 4 is 5.69 Å². The zero-order valence-electron chi connectivity index (χ0n) is 15.4. The zero-order valence-corrected chi connectivity index (χ0v) is 15.4. The zero-order chi connectivity index (χ0) is 18.2. The lowest BCUT2D eigenvalue weighted by Gasteiger charge is -2.07. The molecular weight excluding hydrogens is 322 g/mol. The van der Waals surface area contributed by atoms with E-state index in [1.54, 1.807) is 0 Å². The Morgan fingerprint density at radius 1 is 0.962 bits per heavy atom. The Morgan fingerprint density at radius 2 is 1.81 bits per heavy atom. The smallest absolute Gasteiger partial charge is 0.119 e. The van der Waals surface area contributed by atoms with Gasteiger partial charge in [-0.1, -0.05) is 62.9 Å². The van der Waals surface area contributed by atoms with Gasteiger partial charge in [0.1, 0.15) is 5.75 Å². The summed E-state index contributed by atoms with van der Waals surface area (Å²) in [7, 11) is 0. The molecule has 0 atom stereocenters. The fourth-order valence-corrected chi connectivity index (χ4v) is 2.99. The lowest BCUT2D eigenvalue weighted by molar-refractivity contribution is 0.304. The van der Waals surface area contributed by atoms with E-state index < -0.39 is 0 Å². The van der Waals surface area contributed by atoms with Gasteiger partial charge in [0.05, 0.1) is 18.0 Å². The third kappa shape index (κ3) is 4.66. The van der Waals surface area contributed by atoms with Gasteiger partial charge < -0.3 is 10.5 Å². The molecule has 1 heterocycles. The summed E-state index contributed by atoms with van der Waals surface area (Å²) in [5.41, 5.74) is 10.6. The Labute approximate surface area is 155 Å². The van der Waals surface area contributed by atoms with Gasteiger partial charge in [0, 0.05) is 16.8 Å². The maximum atomic E-state index is 6.06. The number of rotatable bonds is 9. The van der Waals surface area contributed by atoms with Crippen LogP contribution in [0.15, 0.2) is 54.6 Å². The Hall–Kier alpha value is -2.75. The highest BCUT2D eigenvalue weighted by Gasteiger charge is 2.08. The van der Waals surface area contributed by atoms with E-state index in [2.05, 4.69) is 17.1 Å². The molecule has 2 aromatic carbocycles. The standard InChI is InChI=1S/C22H27N3O/c1-2-3-4-5-8-14-26-18-11-9-10-17(15-18)21-16-22(25-24-21)19-12-6-7-13-20(19)23/h6-7,9-13,15-16H,2-5,8,14,23H2,1H3,(H,24,25). The number of H-pyrrole nitrogens is 1. The summed E-state index contributed by atoms with van der Waals surface area (Å²) in [6, 6.07) is 17.9. The fourth-order valence-electron chi connectivity index (χ4n) is 2.99. The maximum absolute atomic E-state index is 6.06. The van der Waals surface area contributed by atoms with Gasteiger partial charge in [0.25, 0.3) is 0 Å². The minimum absolute atomic E-state index is 0.739. The number of nitrogens with one attached hydrogen (secondary N) is 1. The van der Waals surface area contributed by atoms with Crippen molar-refractivity contribution in [2.24, 2.45) is 0 Å². The lowest BCUT2D eigenvalue weighted by atomic mass is 10.1. The molecule has 0 aliphatic heterocycles. The van der Waals surface area contributed by atoms with Crippen molar-refractivity contribution in [3.63, 3.8) is 0 Å². The van der Waals surface area contributed by atoms with E-state index in [4.69, 9.17) is 10.5 Å². The normalized spacial score (nSPS) is 10.8. The maximum Gasteiger partial charge on any atom is 0.119 e. The molecular formula is C22H27N3O. The molecule has 0 bridgehead atoms. The second-order valence-corrected chi connectivity index (χ2v) is 6.54. The van der Waals surface area contributed by atoms with Crippen LogP contribution in [0, 0.1) is 0 Å². The van der Waals surface area contributed by atoms with Gasteiger partial charge in [-0.2, -0.15) is 5.10 Å². The summed E-state index contributed by atoms with van der Waals surface area (Å²) in [5, 5.41) is 7.52. The number of aromatic nitrogens is 2. The molecule has 0 unspecified atom stereocenters. The number of hydrogen-bond acceptors (Lipinski definition) is 3. The highest BCUT2D eigenvalue weighted by atomic mass is 16.5. The minimum Gasteiger partial charge on any atom is -0.494 e. The molecule has 3 N–H and O–H groups in total. The fraction of sp³-hybridized carbons (Fsp3) is 0.318. The van der Waals surface area contributed by atoms with Gasteiger partial charge in [0.15, 0.2) is 0 Å². The van der Waals surface area contributed by atoms with E-state index in [-0.39, 0.29) is 0 Å². The van der Waals surface area contributed by atoms with Crippen molar-refractivity contribution < 1.29 is 4.74 Å². The number of anilines is 1. The third-order valence-corrected chi connectivity index (χ3v) is 4.48. The Balaban J connectivity index is 1.64. The molecule has 3 aromatic rings. The number of para-hydroxylation sites is 1. The molecule has 0 spiro atoms. The summed E-state index contributed by atoms with van der Waals surface area (Å²) in [6.45, 7) is 2.99. The first kappa shape index (κ1) is 18.1. The summed E-state index contributed by atoms with van der Waals surface area (Å²) in [5.74, 6) is 0.891. The number of benzene rings is 2. The van der Waals surface area contributed by atoms with Gasteiger partial charge in [-0.15, -0.1) is 0 Å². The summed E-state index contributed by atoms with van der Waals surface area (Å²) in [4.78, 5) is 0. The molecule has 1 aromatic heterocycles. The van der Waals surface area contributed by atoms with Crippen molar-refractivity contribution in [3.8, 4) is 28.3 Å². The van der Waals surface area contributed by atoms with Crippen molar-refractivity contribution in [2.45, 2.75) is 39.0 Å². The summed E-state index contributed by atoms with van der Waals surface area (Å²) < 4.78 is 5.90. The first-order valence-corrected chi connectivity index (χ1v) is 9.41. The third-order valence-electron chi connectivity index (χ3n) is 4.48. The molecule has 3 rings (SSSR count). The van der Waals surface area contributed by atoms with Crippen LogP contribution in [0.5, 0.6) is 5.75 Å². The Morgan fingerprint density at radius 3 is 2.65 bits per heavy atom. The van der Waals surface area contributed by atoms with Crippen molar-refractivity contribution in [1.29, 1.82) is 0 Å². The highest BCUT2D eigenvalue weighted by Crippen LogP contribution is 2.29. The van der Waals surface area contributed by atoms with Crippen LogP contribution < -0.4 is 10.5 Å². The van der Waals surface area contributed by atoms with Crippen LogP contribution >= 0.6 is 0 Å². The number of hydrogen-bond donors (Lipinski definition) is 2. The molecule has 0 aliphatic rings. The van der Waals surface area contributed by atoms with Crippen LogP contribution in [0.25, 0.3) is 22.5 Å². The molecule has 0 saturated carbocycles. The minimum atomic E-state index is 0.739. The van der Waals surface area contributed by atoms with Gasteiger partial charge in [-0.25, -0.2) is 0 Å². The second-order valence-electron chi connectivity index (χ2n) is 6.54. The molecule has 4 nitrogen and oxygen atoms in total. The van der Waals surface area contributed by atoms with E-state index >= 15 is 0 Å². The van der Waals surface area contributed by atoms with Crippen LogP contribution in [0.1, 0.15) is 39.0 Å². The van der Waals surface area contributed by atoms with Crippen LogP contribution in [0.4, 0.5) is 5.69 Å². The first-order chi connectivity index (χ1) is 12.8. The molecule has 0 aliphatic carbocycles. The molecule has 0 radical (unpaired) electrons. The van der Waals surface area contributed by atoms with E-state index in [0.717, 1.165) is 47.0 Å². The van der Waals surface area contributed by atoms with Crippen molar-refractivity contribution in [3.05, 3.63) is 54.6 Å². The van der Waals surface area contributed by atoms with E-state index in [1.165, 1.54) is 25.7 Å². The summed E-state index contributed by atoms with van der Waals surface area (Å²) in [6.07, 6.45) is 6.20. The molecule has 0 amide bonds. The Bertz CT molecular complexity index is 826. The lowest BCUT2D eigenvalue weighted by Crippen LogP contribution is -1.97. The molecule has 0 saturated heterocycles. The number of ether oxygens (including phenoxy) is 1. The monoisotopic (exact) mass is 349 g/mol. The van der Waals surface area contributed by atoms with E-state index in [1.807, 2.05) is 54.6 Å². The largest absolute Gasteiger partial charge is 0.494 e. The van der Waals surface area contributed by atoms with Crippen LogP contribution in [-0.2, 0) is 0 Å². The first-order valence-electron chi connectivity index (χ1n) is 9.41. The van der Waals surface area contributed by atoms with Gasteiger partial charge >= 0.3 is 0 Å². The SMILES string of the molecule is CCCCCCCOc1cccc(-c2cc(-c3ccccc3N)[nH]n2)c1. The summed E-state index contributed by atoms with van der Waals surface area (Å²) >= 11 is 0. The number of unbranched alkanes of at least 4 members (excludes halogenated alkanes) is 4. The van der Waals surface area contributed by atoms with Gasteiger partial charge in [0.2, 0.25) is 0 Å². The average Bonchev–Trinajstić information content (AvgIpc) is 3.15. The number of nitrogens with zero attached hydrogens (tertiary/aromatic N) is 1.